The summed E-state index contributed by atoms with van der Waals surface area (Å²) in [6.45, 7) is 1.04. The molecule has 0 atom stereocenters. The highest BCUT2D eigenvalue weighted by molar-refractivity contribution is 6.30. The molecule has 1 aromatic heterocycles. The molecule has 2 aromatic carbocycles. The monoisotopic (exact) mass is 390 g/mol. The van der Waals surface area contributed by atoms with Gasteiger partial charge in [0.1, 0.15) is 0 Å². The van der Waals surface area contributed by atoms with E-state index in [1.165, 1.54) is 18.2 Å². The normalized spacial score (nSPS) is 12.2. The van der Waals surface area contributed by atoms with Crippen LogP contribution in [0.25, 0.3) is 0 Å². The van der Waals surface area contributed by atoms with E-state index in [0.29, 0.717) is 11.3 Å². The first-order valence-electron chi connectivity index (χ1n) is 8.67. The molecule has 1 aliphatic rings. The van der Waals surface area contributed by atoms with E-state index in [4.69, 9.17) is 9.26 Å². The molecule has 4 rings (SSSR count). The quantitative estimate of drug-likeness (QED) is 0.532. The van der Waals surface area contributed by atoms with Crippen molar-refractivity contribution in [3.05, 3.63) is 82.2 Å². The predicted octanol–water partition coefficient (Wildman–Crippen LogP) is 2.55. The number of amides is 1. The molecule has 8 nitrogen and oxygen atoms in total. The van der Waals surface area contributed by atoms with E-state index in [1.54, 1.807) is 37.3 Å². The van der Waals surface area contributed by atoms with Gasteiger partial charge in [0, 0.05) is 22.8 Å². The maximum atomic E-state index is 12.9. The van der Waals surface area contributed by atoms with Gasteiger partial charge in [-0.2, -0.15) is 0 Å². The van der Waals surface area contributed by atoms with Crippen molar-refractivity contribution in [1.82, 2.24) is 5.16 Å². The number of nitrogens with zero attached hydrogens (tertiary/aromatic N) is 1. The highest BCUT2D eigenvalue weighted by Gasteiger charge is 2.31. The first-order valence-corrected chi connectivity index (χ1v) is 8.67. The number of fused-ring (bicyclic) bond motifs is 2. The molecule has 0 saturated carbocycles. The molecule has 29 heavy (non-hydrogen) atoms. The van der Waals surface area contributed by atoms with Crippen molar-refractivity contribution in [2.45, 2.75) is 6.92 Å². The number of carbonyl (C=O) groups is 4. The minimum atomic E-state index is -0.837. The summed E-state index contributed by atoms with van der Waals surface area (Å²) >= 11 is 0. The maximum Gasteiger partial charge on any atom is 0.377 e. The van der Waals surface area contributed by atoms with Crippen LogP contribution >= 0.6 is 0 Å². The van der Waals surface area contributed by atoms with Crippen molar-refractivity contribution >= 4 is 29.1 Å². The molecule has 0 unspecified atom stereocenters. The number of carbonyl (C=O) groups excluding carboxylic acids is 4. The van der Waals surface area contributed by atoms with E-state index in [0.717, 1.165) is 0 Å². The second-order valence-electron chi connectivity index (χ2n) is 6.39. The van der Waals surface area contributed by atoms with Crippen LogP contribution in [0.1, 0.15) is 48.1 Å². The van der Waals surface area contributed by atoms with Gasteiger partial charge in [0.05, 0.1) is 16.9 Å². The zero-order valence-electron chi connectivity index (χ0n) is 15.2. The highest BCUT2D eigenvalue weighted by Crippen LogP contribution is 2.31. The molecular weight excluding hydrogens is 376 g/mol. The lowest BCUT2D eigenvalue weighted by Gasteiger charge is -2.20. The smallest absolute Gasteiger partial charge is 0.377 e. The van der Waals surface area contributed by atoms with Crippen molar-refractivity contribution in [3.63, 3.8) is 0 Å². The van der Waals surface area contributed by atoms with Crippen LogP contribution in [0.5, 0.6) is 0 Å². The van der Waals surface area contributed by atoms with Gasteiger partial charge in [-0.1, -0.05) is 41.6 Å². The van der Waals surface area contributed by atoms with Crippen LogP contribution in [0.15, 0.2) is 53.1 Å². The molecule has 0 radical (unpaired) electrons. The molecule has 0 saturated heterocycles. The topological polar surface area (TPSA) is 116 Å². The van der Waals surface area contributed by atoms with Crippen LogP contribution in [-0.2, 0) is 9.53 Å². The Morgan fingerprint density at radius 2 is 1.69 bits per heavy atom. The summed E-state index contributed by atoms with van der Waals surface area (Å²) in [7, 11) is 0. The fraction of sp³-hybridized carbons (Fsp3) is 0.0952. The van der Waals surface area contributed by atoms with Crippen molar-refractivity contribution in [2.75, 3.05) is 11.9 Å². The van der Waals surface area contributed by atoms with Crippen LogP contribution in [0.3, 0.4) is 0 Å². The first kappa shape index (κ1) is 18.3. The minimum absolute atomic E-state index is 0.113. The van der Waals surface area contributed by atoms with Gasteiger partial charge < -0.3 is 14.6 Å². The van der Waals surface area contributed by atoms with E-state index < -0.39 is 18.5 Å². The van der Waals surface area contributed by atoms with Gasteiger partial charge in [-0.15, -0.1) is 0 Å². The predicted molar refractivity (Wildman–Crippen MR) is 99.9 cm³/mol. The highest BCUT2D eigenvalue weighted by atomic mass is 16.6. The van der Waals surface area contributed by atoms with E-state index >= 15 is 0 Å². The zero-order valence-corrected chi connectivity index (χ0v) is 15.2. The molecule has 3 aromatic rings. The summed E-state index contributed by atoms with van der Waals surface area (Å²) < 4.78 is 9.66. The summed E-state index contributed by atoms with van der Waals surface area (Å²) in [5.74, 6) is -2.28. The average molecular weight is 390 g/mol. The second-order valence-corrected chi connectivity index (χ2v) is 6.39. The number of hydrogen-bond donors (Lipinski definition) is 1. The third kappa shape index (κ3) is 3.31. The number of hydrogen-bond acceptors (Lipinski definition) is 7. The zero-order chi connectivity index (χ0) is 20.5. The third-order valence-electron chi connectivity index (χ3n) is 4.39. The largest absolute Gasteiger partial charge is 0.450 e. The number of aryl methyl sites for hydroxylation is 1. The lowest BCUT2D eigenvalue weighted by molar-refractivity contribution is -0.119. The van der Waals surface area contributed by atoms with Crippen molar-refractivity contribution in [2.24, 2.45) is 0 Å². The Bertz CT molecular complexity index is 1180. The van der Waals surface area contributed by atoms with Crippen molar-refractivity contribution in [3.8, 4) is 0 Å². The van der Waals surface area contributed by atoms with Crippen LogP contribution in [0.4, 0.5) is 5.69 Å². The van der Waals surface area contributed by atoms with Gasteiger partial charge in [0.25, 0.3) is 5.91 Å². The Morgan fingerprint density at radius 3 is 2.38 bits per heavy atom. The van der Waals surface area contributed by atoms with Gasteiger partial charge in [-0.05, 0) is 13.0 Å². The molecule has 0 aliphatic heterocycles. The van der Waals surface area contributed by atoms with Gasteiger partial charge in [-0.3, -0.25) is 14.4 Å². The number of ether oxygens (including phenoxy) is 1. The molecule has 0 fully saturated rings. The molecule has 1 heterocycles. The van der Waals surface area contributed by atoms with Gasteiger partial charge >= 0.3 is 5.97 Å². The fourth-order valence-corrected chi connectivity index (χ4v) is 3.10. The number of ketones is 2. The summed E-state index contributed by atoms with van der Waals surface area (Å²) in [6.07, 6.45) is 0. The summed E-state index contributed by atoms with van der Waals surface area (Å²) in [5, 5.41) is 6.10. The third-order valence-corrected chi connectivity index (χ3v) is 4.39. The Balaban J connectivity index is 1.53. The number of aromatic nitrogens is 1. The Kier molecular flexibility index (Phi) is 4.52. The SMILES string of the molecule is Cc1cc(C(=O)OCC(=O)Nc2cccc3c2C(=O)c2ccccc2C3=O)on1. The van der Waals surface area contributed by atoms with Gasteiger partial charge in [-0.25, -0.2) is 4.79 Å². The summed E-state index contributed by atoms with van der Waals surface area (Å²) in [5.41, 5.74) is 1.60. The number of nitrogens with one attached hydrogen (secondary N) is 1. The van der Waals surface area contributed by atoms with Crippen LogP contribution in [0, 0.1) is 6.92 Å². The van der Waals surface area contributed by atoms with E-state index in [9.17, 15) is 19.2 Å². The van der Waals surface area contributed by atoms with Crippen molar-refractivity contribution < 1.29 is 28.4 Å². The number of rotatable bonds is 4. The Hall–Kier alpha value is -4.07. The fourth-order valence-electron chi connectivity index (χ4n) is 3.10. The number of esters is 1. The van der Waals surface area contributed by atoms with Crippen LogP contribution in [-0.4, -0.2) is 35.2 Å². The molecule has 144 valence electrons. The molecule has 8 heteroatoms. The van der Waals surface area contributed by atoms with Gasteiger partial charge in [0.2, 0.25) is 5.76 Å². The molecule has 0 spiro atoms. The number of benzene rings is 2. The van der Waals surface area contributed by atoms with E-state index in [-0.39, 0.29) is 39.7 Å². The van der Waals surface area contributed by atoms with E-state index in [2.05, 4.69) is 10.5 Å². The first-order chi connectivity index (χ1) is 14.0. The summed E-state index contributed by atoms with van der Waals surface area (Å²) in [6, 6.07) is 12.5. The molecule has 1 N–H and O–H groups in total. The lowest BCUT2D eigenvalue weighted by atomic mass is 9.83. The van der Waals surface area contributed by atoms with Crippen LogP contribution in [0.2, 0.25) is 0 Å². The molecule has 1 amide bonds. The van der Waals surface area contributed by atoms with Crippen molar-refractivity contribution in [1.29, 1.82) is 0 Å². The summed E-state index contributed by atoms with van der Waals surface area (Å²) in [4.78, 5) is 49.7. The molecule has 1 aliphatic carbocycles. The average Bonchev–Trinajstić information content (AvgIpc) is 3.16. The lowest BCUT2D eigenvalue weighted by Crippen LogP contribution is -2.26. The standard InChI is InChI=1S/C21H14N2O6/c1-11-9-16(29-23-11)21(27)28-10-17(24)22-15-8-4-7-14-18(15)20(26)13-6-3-2-5-12(13)19(14)25/h2-9H,10H2,1H3,(H,22,24). The Labute approximate surface area is 164 Å². The maximum absolute atomic E-state index is 12.9. The molecular formula is C21H14N2O6. The Morgan fingerprint density at radius 1 is 1.00 bits per heavy atom. The number of anilines is 1. The van der Waals surface area contributed by atoms with E-state index in [1.807, 2.05) is 0 Å². The minimum Gasteiger partial charge on any atom is -0.450 e. The van der Waals surface area contributed by atoms with Crippen LogP contribution < -0.4 is 5.32 Å². The second kappa shape index (κ2) is 7.16. The van der Waals surface area contributed by atoms with Gasteiger partial charge in [0.15, 0.2) is 18.2 Å². The molecule has 0 bridgehead atoms.